The summed E-state index contributed by atoms with van der Waals surface area (Å²) in [5.74, 6) is -0.721. The maximum absolute atomic E-state index is 11.9. The number of nitrogens with zero attached hydrogens (tertiary/aromatic N) is 2. The molecule has 126 valence electrons. The Bertz CT molecular complexity index is 1030. The fraction of sp³-hybridized carbons (Fsp3) is 0.111. The monoisotopic (exact) mass is 356 g/mol. The molecular weight excluding hydrogens is 344 g/mol. The van der Waals surface area contributed by atoms with Gasteiger partial charge in [-0.15, -0.1) is 5.11 Å². The van der Waals surface area contributed by atoms with Gasteiger partial charge in [0.1, 0.15) is 16.8 Å². The van der Waals surface area contributed by atoms with Crippen molar-refractivity contribution in [2.24, 2.45) is 10.2 Å². The van der Waals surface area contributed by atoms with Crippen LogP contribution in [0.3, 0.4) is 0 Å². The molecule has 0 atom stereocenters. The van der Waals surface area contributed by atoms with Crippen LogP contribution in [0.25, 0.3) is 11.0 Å². The van der Waals surface area contributed by atoms with E-state index in [1.165, 1.54) is 6.07 Å². The first-order valence-electron chi connectivity index (χ1n) is 7.50. The quantitative estimate of drug-likeness (QED) is 0.372. The molecule has 1 aromatic heterocycles. The molecule has 0 spiro atoms. The van der Waals surface area contributed by atoms with Crippen molar-refractivity contribution in [3.05, 3.63) is 69.5 Å². The zero-order chi connectivity index (χ0) is 17.8. The minimum atomic E-state index is -0.739. The van der Waals surface area contributed by atoms with E-state index in [-0.39, 0.29) is 12.2 Å². The lowest BCUT2D eigenvalue weighted by Crippen LogP contribution is -2.16. The number of azo groups is 1. The van der Waals surface area contributed by atoms with Gasteiger partial charge in [-0.1, -0.05) is 23.7 Å². The average Bonchev–Trinajstić information content (AvgIpc) is 2.60. The van der Waals surface area contributed by atoms with Crippen LogP contribution in [-0.2, 0) is 4.74 Å². The molecular formula is C18H13ClN2O4. The Labute approximate surface area is 147 Å². The summed E-state index contributed by atoms with van der Waals surface area (Å²) in [6.45, 7) is 1.83. The molecule has 25 heavy (non-hydrogen) atoms. The number of carbonyl (C=O) groups is 1. The molecule has 0 saturated heterocycles. The number of ether oxygens (including phenoxy) is 1. The van der Waals surface area contributed by atoms with E-state index in [9.17, 15) is 9.59 Å². The highest BCUT2D eigenvalue weighted by molar-refractivity contribution is 6.32. The fourth-order valence-corrected chi connectivity index (χ4v) is 2.34. The van der Waals surface area contributed by atoms with Gasteiger partial charge in [-0.3, -0.25) is 0 Å². The van der Waals surface area contributed by atoms with E-state index < -0.39 is 11.6 Å². The van der Waals surface area contributed by atoms with Crippen LogP contribution >= 0.6 is 11.6 Å². The van der Waals surface area contributed by atoms with Crippen molar-refractivity contribution in [1.82, 2.24) is 0 Å². The Hall–Kier alpha value is -2.99. The van der Waals surface area contributed by atoms with Crippen LogP contribution in [0.4, 0.5) is 11.4 Å². The third-order valence-electron chi connectivity index (χ3n) is 3.34. The van der Waals surface area contributed by atoms with Crippen LogP contribution in [-0.4, -0.2) is 12.6 Å². The maximum Gasteiger partial charge on any atom is 0.351 e. The van der Waals surface area contributed by atoms with Gasteiger partial charge < -0.3 is 9.15 Å². The van der Waals surface area contributed by atoms with Crippen molar-refractivity contribution >= 4 is 39.9 Å². The number of hydrogen-bond acceptors (Lipinski definition) is 6. The number of halogens is 1. The first kappa shape index (κ1) is 16.9. The van der Waals surface area contributed by atoms with Crippen molar-refractivity contribution in [3.63, 3.8) is 0 Å². The molecule has 0 radical (unpaired) electrons. The summed E-state index contributed by atoms with van der Waals surface area (Å²) in [6, 6.07) is 13.4. The van der Waals surface area contributed by atoms with Crippen molar-refractivity contribution in [1.29, 1.82) is 0 Å². The molecule has 2 aromatic carbocycles. The zero-order valence-corrected chi connectivity index (χ0v) is 14.0. The maximum atomic E-state index is 11.9. The van der Waals surface area contributed by atoms with Gasteiger partial charge in [0.2, 0.25) is 0 Å². The summed E-state index contributed by atoms with van der Waals surface area (Å²) in [4.78, 5) is 23.7. The van der Waals surface area contributed by atoms with Gasteiger partial charge in [-0.25, -0.2) is 9.59 Å². The van der Waals surface area contributed by atoms with Gasteiger partial charge in [-0.05, 0) is 43.3 Å². The normalized spacial score (nSPS) is 11.1. The molecule has 0 aliphatic rings. The first-order chi connectivity index (χ1) is 12.1. The summed E-state index contributed by atoms with van der Waals surface area (Å²) < 4.78 is 10.00. The molecule has 0 aliphatic carbocycles. The van der Waals surface area contributed by atoms with E-state index >= 15 is 0 Å². The highest BCUT2D eigenvalue weighted by atomic mass is 35.5. The minimum absolute atomic E-state index is 0.158. The molecule has 0 fully saturated rings. The zero-order valence-electron chi connectivity index (χ0n) is 13.2. The van der Waals surface area contributed by atoms with Crippen molar-refractivity contribution < 1.29 is 13.9 Å². The number of carbonyl (C=O) groups excluding carboxylic acids is 1. The lowest BCUT2D eigenvalue weighted by Gasteiger charge is -2.03. The standard InChI is InChI=1S/C18H13ClN2O4/c1-2-24-17(22)13-10-11-9-12(7-8-16(11)25-18(13)23)20-21-15-6-4-3-5-14(15)19/h3-10H,2H2,1H3. The summed E-state index contributed by atoms with van der Waals surface area (Å²) in [7, 11) is 0. The predicted octanol–water partition coefficient (Wildman–Crippen LogP) is 5.04. The molecule has 0 N–H and O–H groups in total. The van der Waals surface area contributed by atoms with Crippen LogP contribution in [0.1, 0.15) is 17.3 Å². The van der Waals surface area contributed by atoms with Gasteiger partial charge in [0.15, 0.2) is 0 Å². The molecule has 0 unspecified atom stereocenters. The Morgan fingerprint density at radius 3 is 2.72 bits per heavy atom. The SMILES string of the molecule is CCOC(=O)c1cc2cc(N=Nc3ccccc3Cl)ccc2oc1=O. The van der Waals surface area contributed by atoms with Crippen LogP contribution < -0.4 is 5.63 Å². The van der Waals surface area contributed by atoms with Crippen LogP contribution in [0.2, 0.25) is 5.02 Å². The predicted molar refractivity (Wildman–Crippen MR) is 94.1 cm³/mol. The highest BCUT2D eigenvalue weighted by Gasteiger charge is 2.14. The average molecular weight is 357 g/mol. The third-order valence-corrected chi connectivity index (χ3v) is 3.66. The fourth-order valence-electron chi connectivity index (χ4n) is 2.17. The lowest BCUT2D eigenvalue weighted by molar-refractivity contribution is 0.0522. The van der Waals surface area contributed by atoms with Crippen molar-refractivity contribution in [2.45, 2.75) is 6.92 Å². The van der Waals surface area contributed by atoms with E-state index in [4.69, 9.17) is 20.8 Å². The number of esters is 1. The number of fused-ring (bicyclic) bond motifs is 1. The summed E-state index contributed by atoms with van der Waals surface area (Å²) >= 11 is 6.03. The Balaban J connectivity index is 1.99. The first-order valence-corrected chi connectivity index (χ1v) is 7.87. The molecule has 3 rings (SSSR count). The summed E-state index contributed by atoms with van der Waals surface area (Å²) in [6.07, 6.45) is 0. The number of rotatable bonds is 4. The number of benzene rings is 2. The molecule has 1 heterocycles. The lowest BCUT2D eigenvalue weighted by atomic mass is 10.1. The van der Waals surface area contributed by atoms with Crippen LogP contribution in [0, 0.1) is 0 Å². The third kappa shape index (κ3) is 3.75. The van der Waals surface area contributed by atoms with Crippen molar-refractivity contribution in [3.8, 4) is 0 Å². The Morgan fingerprint density at radius 2 is 1.96 bits per heavy atom. The van der Waals surface area contributed by atoms with Crippen molar-refractivity contribution in [2.75, 3.05) is 6.61 Å². The minimum Gasteiger partial charge on any atom is -0.462 e. The van der Waals surface area contributed by atoms with Gasteiger partial charge in [-0.2, -0.15) is 5.11 Å². The van der Waals surface area contributed by atoms with Crippen LogP contribution in [0.15, 0.2) is 68.0 Å². The smallest absolute Gasteiger partial charge is 0.351 e. The molecule has 0 amide bonds. The molecule has 0 aliphatic heterocycles. The second-order valence-electron chi connectivity index (χ2n) is 5.04. The molecule has 3 aromatic rings. The Morgan fingerprint density at radius 1 is 1.16 bits per heavy atom. The molecule has 0 saturated carbocycles. The van der Waals surface area contributed by atoms with Gasteiger partial charge in [0, 0.05) is 5.39 Å². The van der Waals surface area contributed by atoms with Gasteiger partial charge in [0.05, 0.1) is 17.3 Å². The number of hydrogen-bond donors (Lipinski definition) is 0. The second kappa shape index (κ2) is 7.27. The molecule has 7 heteroatoms. The van der Waals surface area contributed by atoms with E-state index in [2.05, 4.69) is 10.2 Å². The van der Waals surface area contributed by atoms with Crippen LogP contribution in [0.5, 0.6) is 0 Å². The summed E-state index contributed by atoms with van der Waals surface area (Å²) in [5.41, 5.74) is 0.507. The topological polar surface area (TPSA) is 81.2 Å². The summed E-state index contributed by atoms with van der Waals surface area (Å²) in [5, 5.41) is 9.25. The van der Waals surface area contributed by atoms with E-state index in [0.717, 1.165) is 0 Å². The largest absolute Gasteiger partial charge is 0.462 e. The molecule has 0 bridgehead atoms. The molecule has 6 nitrogen and oxygen atoms in total. The van der Waals surface area contributed by atoms with E-state index in [1.54, 1.807) is 49.4 Å². The highest BCUT2D eigenvalue weighted by Crippen LogP contribution is 2.27. The van der Waals surface area contributed by atoms with E-state index in [0.29, 0.717) is 27.4 Å². The van der Waals surface area contributed by atoms with Gasteiger partial charge >= 0.3 is 11.6 Å². The second-order valence-corrected chi connectivity index (χ2v) is 5.45. The van der Waals surface area contributed by atoms with Gasteiger partial charge in [0.25, 0.3) is 0 Å². The Kier molecular flexibility index (Phi) is 4.90. The van der Waals surface area contributed by atoms with E-state index in [1.807, 2.05) is 0 Å².